The summed E-state index contributed by atoms with van der Waals surface area (Å²) in [6.45, 7) is 0.702. The Kier molecular flexibility index (Phi) is 2.13. The molecule has 0 bridgehead atoms. The Labute approximate surface area is 68.6 Å². The molecule has 0 fully saturated rings. The van der Waals surface area contributed by atoms with E-state index < -0.39 is 0 Å². The summed E-state index contributed by atoms with van der Waals surface area (Å²) in [5.41, 5.74) is 0.797. The van der Waals surface area contributed by atoms with Crippen LogP contribution < -0.4 is 0 Å². The van der Waals surface area contributed by atoms with Crippen molar-refractivity contribution in [1.82, 2.24) is 4.90 Å². The maximum atomic E-state index is 8.51. The van der Waals surface area contributed by atoms with Gasteiger partial charge < -0.3 is 4.90 Å². The van der Waals surface area contributed by atoms with Gasteiger partial charge in [0.1, 0.15) is 0 Å². The van der Waals surface area contributed by atoms with Gasteiger partial charge in [0.15, 0.2) is 0 Å². The van der Waals surface area contributed by atoms with Crippen molar-refractivity contribution in [2.24, 2.45) is 0 Å². The van der Waals surface area contributed by atoms with E-state index in [4.69, 9.17) is 5.26 Å². The van der Waals surface area contributed by atoms with Crippen LogP contribution in [0.25, 0.3) is 0 Å². The quantitative estimate of drug-likeness (QED) is 0.554. The Hall–Kier alpha value is -0.750. The van der Waals surface area contributed by atoms with E-state index in [9.17, 15) is 0 Å². The summed E-state index contributed by atoms with van der Waals surface area (Å²) in [7, 11) is 1.94. The molecule has 52 valence electrons. The van der Waals surface area contributed by atoms with Crippen LogP contribution >= 0.6 is 15.9 Å². The van der Waals surface area contributed by atoms with Gasteiger partial charge in [-0.15, -0.1) is 0 Å². The van der Waals surface area contributed by atoms with Crippen molar-refractivity contribution in [1.29, 1.82) is 5.26 Å². The number of hydrogen-bond donors (Lipinski definition) is 0. The molecule has 0 radical (unpaired) electrons. The molecule has 0 aromatic heterocycles. The van der Waals surface area contributed by atoms with Crippen LogP contribution in [0.5, 0.6) is 0 Å². The highest BCUT2D eigenvalue weighted by molar-refractivity contribution is 9.11. The molecule has 0 unspecified atom stereocenters. The second-order valence-electron chi connectivity index (χ2n) is 2.15. The average Bonchev–Trinajstić information content (AvgIpc) is 1.95. The minimum atomic E-state index is 0.702. The molecule has 1 aliphatic heterocycles. The number of hydrogen-bond acceptors (Lipinski definition) is 2. The Bertz CT molecular complexity index is 234. The maximum absolute atomic E-state index is 8.51. The molecule has 0 aliphatic carbocycles. The standard InChI is InChI=1S/C7H7BrN2/c1-10-5-6(4-9)2-3-7(10)8/h2-3H,5H2,1H3. The lowest BCUT2D eigenvalue weighted by Gasteiger charge is -2.20. The third-order valence-electron chi connectivity index (χ3n) is 1.34. The van der Waals surface area contributed by atoms with Crippen LogP contribution in [0.1, 0.15) is 0 Å². The topological polar surface area (TPSA) is 27.0 Å². The van der Waals surface area contributed by atoms with E-state index in [2.05, 4.69) is 22.0 Å². The van der Waals surface area contributed by atoms with E-state index in [-0.39, 0.29) is 0 Å². The average molecular weight is 199 g/mol. The number of likely N-dealkylation sites (N-methyl/N-ethyl adjacent to an activating group) is 1. The summed E-state index contributed by atoms with van der Waals surface area (Å²) in [6, 6.07) is 2.11. The van der Waals surface area contributed by atoms with Crippen molar-refractivity contribution in [3.8, 4) is 6.07 Å². The fourth-order valence-corrected chi connectivity index (χ4v) is 1.01. The van der Waals surface area contributed by atoms with Crippen molar-refractivity contribution >= 4 is 15.9 Å². The van der Waals surface area contributed by atoms with Gasteiger partial charge in [-0.2, -0.15) is 5.26 Å². The van der Waals surface area contributed by atoms with E-state index in [1.54, 1.807) is 0 Å². The van der Waals surface area contributed by atoms with E-state index in [0.717, 1.165) is 10.2 Å². The molecule has 1 rings (SSSR count). The van der Waals surface area contributed by atoms with Crippen molar-refractivity contribution in [2.45, 2.75) is 0 Å². The number of halogens is 1. The summed E-state index contributed by atoms with van der Waals surface area (Å²) in [4.78, 5) is 1.97. The lowest BCUT2D eigenvalue weighted by molar-refractivity contribution is 0.487. The SMILES string of the molecule is CN1CC(C#N)=CC=C1Br. The molecule has 0 saturated heterocycles. The van der Waals surface area contributed by atoms with Crippen LogP contribution in [0, 0.1) is 11.3 Å². The second kappa shape index (κ2) is 2.89. The zero-order chi connectivity index (χ0) is 7.56. The summed E-state index contributed by atoms with van der Waals surface area (Å²) >= 11 is 3.34. The second-order valence-corrected chi connectivity index (χ2v) is 2.96. The fourth-order valence-electron chi connectivity index (χ4n) is 0.753. The predicted octanol–water partition coefficient (Wildman–Crippen LogP) is 1.62. The van der Waals surface area contributed by atoms with Gasteiger partial charge in [-0.25, -0.2) is 0 Å². The number of nitriles is 1. The van der Waals surface area contributed by atoms with E-state index in [1.807, 2.05) is 24.1 Å². The molecule has 0 spiro atoms. The van der Waals surface area contributed by atoms with Crippen LogP contribution in [0.3, 0.4) is 0 Å². The van der Waals surface area contributed by atoms with E-state index >= 15 is 0 Å². The molecule has 0 atom stereocenters. The predicted molar refractivity (Wildman–Crippen MR) is 43.3 cm³/mol. The van der Waals surface area contributed by atoms with Gasteiger partial charge >= 0.3 is 0 Å². The first-order chi connectivity index (χ1) is 4.74. The zero-order valence-electron chi connectivity index (χ0n) is 5.63. The van der Waals surface area contributed by atoms with Gasteiger partial charge in [0.2, 0.25) is 0 Å². The molecule has 0 amide bonds. The molecular formula is C7H7BrN2. The molecule has 3 heteroatoms. The maximum Gasteiger partial charge on any atom is 0.0966 e. The molecule has 0 N–H and O–H groups in total. The van der Waals surface area contributed by atoms with Gasteiger partial charge in [-0.1, -0.05) is 0 Å². The smallest absolute Gasteiger partial charge is 0.0966 e. The van der Waals surface area contributed by atoms with Crippen molar-refractivity contribution in [3.63, 3.8) is 0 Å². The molecule has 0 aromatic rings. The molecule has 1 heterocycles. The normalized spacial score (nSPS) is 17.5. The molecule has 0 saturated carbocycles. The van der Waals surface area contributed by atoms with Crippen LogP contribution in [-0.4, -0.2) is 18.5 Å². The Morgan fingerprint density at radius 1 is 1.70 bits per heavy atom. The first-order valence-electron chi connectivity index (χ1n) is 2.91. The highest BCUT2D eigenvalue weighted by Gasteiger charge is 2.07. The van der Waals surface area contributed by atoms with E-state index in [1.165, 1.54) is 0 Å². The van der Waals surface area contributed by atoms with Crippen molar-refractivity contribution in [3.05, 3.63) is 22.3 Å². The molecular weight excluding hydrogens is 192 g/mol. The summed E-state index contributed by atoms with van der Waals surface area (Å²) in [5.74, 6) is 0. The fraction of sp³-hybridized carbons (Fsp3) is 0.286. The van der Waals surface area contributed by atoms with Gasteiger partial charge in [0, 0.05) is 12.6 Å². The van der Waals surface area contributed by atoms with Gasteiger partial charge in [-0.3, -0.25) is 0 Å². The summed E-state index contributed by atoms with van der Waals surface area (Å²) in [6.07, 6.45) is 3.70. The number of rotatable bonds is 0. The number of allylic oxidation sites excluding steroid dienone is 2. The Balaban J connectivity index is 2.81. The van der Waals surface area contributed by atoms with Crippen LogP contribution in [0.4, 0.5) is 0 Å². The van der Waals surface area contributed by atoms with Gasteiger partial charge in [0.25, 0.3) is 0 Å². The van der Waals surface area contributed by atoms with Crippen LogP contribution in [-0.2, 0) is 0 Å². The monoisotopic (exact) mass is 198 g/mol. The lowest BCUT2D eigenvalue weighted by atomic mass is 10.2. The minimum Gasteiger partial charge on any atom is -0.364 e. The third kappa shape index (κ3) is 1.39. The van der Waals surface area contributed by atoms with Crippen LogP contribution in [0.2, 0.25) is 0 Å². The first-order valence-corrected chi connectivity index (χ1v) is 3.71. The van der Waals surface area contributed by atoms with Gasteiger partial charge in [-0.05, 0) is 28.1 Å². The molecule has 2 nitrogen and oxygen atoms in total. The van der Waals surface area contributed by atoms with E-state index in [0.29, 0.717) is 6.54 Å². The minimum absolute atomic E-state index is 0.702. The Morgan fingerprint density at radius 2 is 2.40 bits per heavy atom. The van der Waals surface area contributed by atoms with Crippen LogP contribution in [0.15, 0.2) is 22.3 Å². The van der Waals surface area contributed by atoms with Gasteiger partial charge in [0.05, 0.1) is 17.2 Å². The molecule has 1 aliphatic rings. The number of nitrogens with zero attached hydrogens (tertiary/aromatic N) is 2. The molecule has 10 heavy (non-hydrogen) atoms. The summed E-state index contributed by atoms with van der Waals surface area (Å²) in [5, 5.41) is 8.51. The first kappa shape index (κ1) is 7.36. The van der Waals surface area contributed by atoms with Crippen molar-refractivity contribution in [2.75, 3.05) is 13.6 Å². The molecule has 0 aromatic carbocycles. The third-order valence-corrected chi connectivity index (χ3v) is 2.21. The largest absolute Gasteiger partial charge is 0.364 e. The zero-order valence-corrected chi connectivity index (χ0v) is 7.22. The van der Waals surface area contributed by atoms with Crippen molar-refractivity contribution < 1.29 is 0 Å². The Morgan fingerprint density at radius 3 is 2.90 bits per heavy atom. The highest BCUT2D eigenvalue weighted by Crippen LogP contribution is 2.16. The lowest BCUT2D eigenvalue weighted by Crippen LogP contribution is -2.19. The summed E-state index contributed by atoms with van der Waals surface area (Å²) < 4.78 is 1.02. The highest BCUT2D eigenvalue weighted by atomic mass is 79.9.